The Morgan fingerprint density at radius 2 is 2.11 bits per heavy atom. The first-order chi connectivity index (χ1) is 13.3. The predicted octanol–water partition coefficient (Wildman–Crippen LogP) is 5.70. The lowest BCUT2D eigenvalue weighted by Gasteiger charge is -2.22. The third-order valence-electron chi connectivity index (χ3n) is 5.50. The molecule has 0 saturated carbocycles. The molecule has 4 heteroatoms. The molecule has 2 aromatic heterocycles. The summed E-state index contributed by atoms with van der Waals surface area (Å²) in [6.07, 6.45) is 12.2. The number of unbranched alkanes of at least 4 members (excludes halogenated alkanes) is 2. The second kappa shape index (κ2) is 8.22. The molecule has 0 spiro atoms. The van der Waals surface area contributed by atoms with Crippen LogP contribution in [0.15, 0.2) is 36.8 Å². The minimum Gasteiger partial charge on any atom is -0.372 e. The number of rotatable bonds is 6. The number of aryl methyl sites for hydroxylation is 2. The highest BCUT2D eigenvalue weighted by Crippen LogP contribution is 2.34. The van der Waals surface area contributed by atoms with Crippen LogP contribution < -0.4 is 0 Å². The summed E-state index contributed by atoms with van der Waals surface area (Å²) in [6, 6.07) is 8.61. The van der Waals surface area contributed by atoms with Gasteiger partial charge in [-0.2, -0.15) is 0 Å². The van der Waals surface area contributed by atoms with E-state index in [9.17, 15) is 0 Å². The average Bonchev–Trinajstić information content (AvgIpc) is 3.08. The zero-order valence-corrected chi connectivity index (χ0v) is 16.4. The van der Waals surface area contributed by atoms with E-state index in [1.54, 1.807) is 6.33 Å². The van der Waals surface area contributed by atoms with E-state index < -0.39 is 0 Å². The standard InChI is InChI=1S/C23H29N3O/c1-3-4-5-10-18-15-26(19-11-8-9-17(2)14-19)23-21(18)22(24-16-25-23)20-12-6-7-13-27-20/h8-9,11,14-16,20H,3-7,10,12-13H2,1-2H3. The zero-order valence-electron chi connectivity index (χ0n) is 16.4. The van der Waals surface area contributed by atoms with Crippen LogP contribution >= 0.6 is 0 Å². The number of hydrogen-bond donors (Lipinski definition) is 0. The van der Waals surface area contributed by atoms with Crippen molar-refractivity contribution in [1.29, 1.82) is 0 Å². The first kappa shape index (κ1) is 18.2. The Bertz CT molecular complexity index is 909. The SMILES string of the molecule is CCCCCc1cn(-c2cccc(C)c2)c2ncnc(C3CCCCO3)c12. The molecule has 142 valence electrons. The second-order valence-corrected chi connectivity index (χ2v) is 7.63. The van der Waals surface area contributed by atoms with Crippen LogP contribution in [-0.4, -0.2) is 21.1 Å². The molecule has 0 amide bonds. The minimum absolute atomic E-state index is 0.0996. The van der Waals surface area contributed by atoms with E-state index in [0.717, 1.165) is 42.9 Å². The molecule has 1 aliphatic heterocycles. The number of nitrogens with zero attached hydrogens (tertiary/aromatic N) is 3. The largest absolute Gasteiger partial charge is 0.372 e. The maximum absolute atomic E-state index is 6.09. The fourth-order valence-electron chi connectivity index (χ4n) is 4.09. The first-order valence-electron chi connectivity index (χ1n) is 10.3. The molecule has 4 rings (SSSR count). The Balaban J connectivity index is 1.84. The monoisotopic (exact) mass is 363 g/mol. The van der Waals surface area contributed by atoms with E-state index >= 15 is 0 Å². The van der Waals surface area contributed by atoms with E-state index in [0.29, 0.717) is 0 Å². The summed E-state index contributed by atoms with van der Waals surface area (Å²) in [5, 5.41) is 1.21. The van der Waals surface area contributed by atoms with Gasteiger partial charge in [0.15, 0.2) is 0 Å². The smallest absolute Gasteiger partial charge is 0.148 e. The summed E-state index contributed by atoms with van der Waals surface area (Å²) in [6.45, 7) is 5.22. The molecule has 1 aromatic carbocycles. The quantitative estimate of drug-likeness (QED) is 0.527. The molecular weight excluding hydrogens is 334 g/mol. The van der Waals surface area contributed by atoms with Crippen molar-refractivity contribution >= 4 is 11.0 Å². The molecule has 1 atom stereocenters. The molecule has 4 nitrogen and oxygen atoms in total. The van der Waals surface area contributed by atoms with Gasteiger partial charge in [-0.25, -0.2) is 9.97 Å². The van der Waals surface area contributed by atoms with E-state index in [1.165, 1.54) is 42.2 Å². The van der Waals surface area contributed by atoms with Crippen molar-refractivity contribution in [3.05, 3.63) is 53.6 Å². The van der Waals surface area contributed by atoms with Gasteiger partial charge in [-0.1, -0.05) is 31.9 Å². The average molecular weight is 364 g/mol. The van der Waals surface area contributed by atoms with Crippen molar-refractivity contribution < 1.29 is 4.74 Å². The van der Waals surface area contributed by atoms with Crippen molar-refractivity contribution in [2.45, 2.75) is 64.9 Å². The number of aromatic nitrogens is 3. The molecule has 0 bridgehead atoms. The van der Waals surface area contributed by atoms with Crippen molar-refractivity contribution in [3.8, 4) is 5.69 Å². The van der Waals surface area contributed by atoms with Gasteiger partial charge in [0.2, 0.25) is 0 Å². The minimum atomic E-state index is 0.0996. The topological polar surface area (TPSA) is 39.9 Å². The van der Waals surface area contributed by atoms with Gasteiger partial charge < -0.3 is 9.30 Å². The van der Waals surface area contributed by atoms with Crippen LogP contribution in [0, 0.1) is 6.92 Å². The number of fused-ring (bicyclic) bond motifs is 1. The van der Waals surface area contributed by atoms with Gasteiger partial charge in [-0.3, -0.25) is 0 Å². The van der Waals surface area contributed by atoms with Gasteiger partial charge in [-0.15, -0.1) is 0 Å². The molecule has 1 saturated heterocycles. The van der Waals surface area contributed by atoms with Gasteiger partial charge in [0, 0.05) is 23.9 Å². The third kappa shape index (κ3) is 3.77. The highest BCUT2D eigenvalue weighted by atomic mass is 16.5. The summed E-state index contributed by atoms with van der Waals surface area (Å²) < 4.78 is 8.32. The molecule has 1 aliphatic rings. The van der Waals surface area contributed by atoms with Gasteiger partial charge in [-0.05, 0) is 62.3 Å². The Kier molecular flexibility index (Phi) is 5.53. The lowest BCUT2D eigenvalue weighted by atomic mass is 10.0. The molecule has 3 heterocycles. The van der Waals surface area contributed by atoms with Crippen molar-refractivity contribution in [2.75, 3.05) is 6.61 Å². The fraction of sp³-hybridized carbons (Fsp3) is 0.478. The van der Waals surface area contributed by atoms with Crippen LogP contribution in [0.1, 0.15) is 68.4 Å². The van der Waals surface area contributed by atoms with Crippen LogP contribution in [0.5, 0.6) is 0 Å². The normalized spacial score (nSPS) is 17.5. The van der Waals surface area contributed by atoms with Crippen LogP contribution in [-0.2, 0) is 11.2 Å². The third-order valence-corrected chi connectivity index (χ3v) is 5.50. The van der Waals surface area contributed by atoms with Gasteiger partial charge in [0.25, 0.3) is 0 Å². The van der Waals surface area contributed by atoms with Gasteiger partial charge >= 0.3 is 0 Å². The molecule has 1 unspecified atom stereocenters. The molecule has 1 fully saturated rings. The van der Waals surface area contributed by atoms with E-state index in [1.807, 2.05) is 0 Å². The Morgan fingerprint density at radius 1 is 1.19 bits per heavy atom. The summed E-state index contributed by atoms with van der Waals surface area (Å²) in [5.74, 6) is 0. The summed E-state index contributed by atoms with van der Waals surface area (Å²) in [4.78, 5) is 9.38. The van der Waals surface area contributed by atoms with E-state index in [-0.39, 0.29) is 6.10 Å². The first-order valence-corrected chi connectivity index (χ1v) is 10.3. The molecular formula is C23H29N3O. The van der Waals surface area contributed by atoms with Crippen LogP contribution in [0.2, 0.25) is 0 Å². The molecule has 0 aliphatic carbocycles. The molecule has 0 N–H and O–H groups in total. The van der Waals surface area contributed by atoms with E-state index in [4.69, 9.17) is 9.72 Å². The highest BCUT2D eigenvalue weighted by molar-refractivity contribution is 5.85. The predicted molar refractivity (Wildman–Crippen MR) is 109 cm³/mol. The maximum atomic E-state index is 6.09. The van der Waals surface area contributed by atoms with Crippen LogP contribution in [0.4, 0.5) is 0 Å². The van der Waals surface area contributed by atoms with Crippen molar-refractivity contribution in [3.63, 3.8) is 0 Å². The van der Waals surface area contributed by atoms with Crippen molar-refractivity contribution in [1.82, 2.24) is 14.5 Å². The van der Waals surface area contributed by atoms with Gasteiger partial charge in [0.05, 0.1) is 5.69 Å². The lowest BCUT2D eigenvalue weighted by Crippen LogP contribution is -2.13. The van der Waals surface area contributed by atoms with Crippen LogP contribution in [0.25, 0.3) is 16.7 Å². The Hall–Kier alpha value is -2.20. The second-order valence-electron chi connectivity index (χ2n) is 7.63. The maximum Gasteiger partial charge on any atom is 0.148 e. The summed E-state index contributed by atoms with van der Waals surface area (Å²) in [5.41, 5.74) is 5.86. The van der Waals surface area contributed by atoms with Crippen LogP contribution in [0.3, 0.4) is 0 Å². The highest BCUT2D eigenvalue weighted by Gasteiger charge is 2.24. The molecule has 3 aromatic rings. The summed E-state index contributed by atoms with van der Waals surface area (Å²) in [7, 11) is 0. The number of hydrogen-bond acceptors (Lipinski definition) is 3. The fourth-order valence-corrected chi connectivity index (χ4v) is 4.09. The van der Waals surface area contributed by atoms with Gasteiger partial charge in [0.1, 0.15) is 18.1 Å². The Morgan fingerprint density at radius 3 is 2.89 bits per heavy atom. The zero-order chi connectivity index (χ0) is 18.6. The number of benzene rings is 1. The lowest BCUT2D eigenvalue weighted by molar-refractivity contribution is 0.0132. The Labute approximate surface area is 161 Å². The van der Waals surface area contributed by atoms with E-state index in [2.05, 4.69) is 53.9 Å². The molecule has 27 heavy (non-hydrogen) atoms. The molecule has 0 radical (unpaired) electrons. The number of ether oxygens (including phenoxy) is 1. The van der Waals surface area contributed by atoms with Crippen molar-refractivity contribution in [2.24, 2.45) is 0 Å². The summed E-state index contributed by atoms with van der Waals surface area (Å²) >= 11 is 0.